The zero-order valence-electron chi connectivity index (χ0n) is 14.7. The standard InChI is InChI=1S/C17H20O8S2/c1-13-7-9-15(10-8-13)26(19,20)25-17(11-18)23-12-24-27(21,22)16-6-4-3-5-14(16)2/h3-10,17-18H,11-12H2,1-2H3. The van der Waals surface area contributed by atoms with Gasteiger partial charge in [-0.2, -0.15) is 16.8 Å². The fourth-order valence-electron chi connectivity index (χ4n) is 2.08. The zero-order chi connectivity index (χ0) is 20.1. The monoisotopic (exact) mass is 416 g/mol. The second kappa shape index (κ2) is 8.91. The molecule has 0 heterocycles. The first-order valence-electron chi connectivity index (χ1n) is 7.83. The molecule has 2 aromatic rings. The van der Waals surface area contributed by atoms with Crippen LogP contribution < -0.4 is 0 Å². The van der Waals surface area contributed by atoms with E-state index in [1.165, 1.54) is 24.3 Å². The average Bonchev–Trinajstić information content (AvgIpc) is 2.61. The van der Waals surface area contributed by atoms with E-state index in [1.54, 1.807) is 38.1 Å². The first kappa shape index (κ1) is 21.5. The van der Waals surface area contributed by atoms with Gasteiger partial charge >= 0.3 is 0 Å². The maximum atomic E-state index is 12.2. The molecule has 148 valence electrons. The number of rotatable bonds is 9. The number of aliphatic hydroxyl groups excluding tert-OH is 1. The largest absolute Gasteiger partial charge is 0.391 e. The maximum Gasteiger partial charge on any atom is 0.299 e. The molecule has 1 atom stereocenters. The van der Waals surface area contributed by atoms with Gasteiger partial charge in [-0.05, 0) is 37.6 Å². The van der Waals surface area contributed by atoms with Crippen LogP contribution in [0.1, 0.15) is 11.1 Å². The van der Waals surface area contributed by atoms with Crippen molar-refractivity contribution in [1.82, 2.24) is 0 Å². The second-order valence-electron chi connectivity index (χ2n) is 5.60. The van der Waals surface area contributed by atoms with Crippen molar-refractivity contribution in [3.63, 3.8) is 0 Å². The van der Waals surface area contributed by atoms with Crippen LogP contribution in [0.3, 0.4) is 0 Å². The normalized spacial score (nSPS) is 13.4. The van der Waals surface area contributed by atoms with Crippen molar-refractivity contribution in [1.29, 1.82) is 0 Å². The highest BCUT2D eigenvalue weighted by Gasteiger charge is 2.23. The minimum atomic E-state index is -4.20. The number of hydrogen-bond donors (Lipinski definition) is 1. The lowest BCUT2D eigenvalue weighted by atomic mass is 10.2. The van der Waals surface area contributed by atoms with Crippen molar-refractivity contribution >= 4 is 20.2 Å². The molecule has 0 bridgehead atoms. The van der Waals surface area contributed by atoms with Crippen LogP contribution in [0.15, 0.2) is 58.3 Å². The highest BCUT2D eigenvalue weighted by molar-refractivity contribution is 7.87. The minimum Gasteiger partial charge on any atom is -0.391 e. The Morgan fingerprint density at radius 1 is 0.926 bits per heavy atom. The smallest absolute Gasteiger partial charge is 0.299 e. The molecule has 0 aromatic heterocycles. The summed E-state index contributed by atoms with van der Waals surface area (Å²) in [6.45, 7) is 1.75. The summed E-state index contributed by atoms with van der Waals surface area (Å²) in [6, 6.07) is 12.0. The molecule has 10 heteroatoms. The highest BCUT2D eigenvalue weighted by atomic mass is 32.2. The fourth-order valence-corrected chi connectivity index (χ4v) is 4.08. The van der Waals surface area contributed by atoms with E-state index in [2.05, 4.69) is 0 Å². The summed E-state index contributed by atoms with van der Waals surface area (Å²) in [7, 11) is -8.31. The molecule has 0 saturated carbocycles. The van der Waals surface area contributed by atoms with Crippen LogP contribution in [0, 0.1) is 13.8 Å². The summed E-state index contributed by atoms with van der Waals surface area (Å²) in [6.07, 6.45) is -1.62. The first-order valence-corrected chi connectivity index (χ1v) is 10.6. The van der Waals surface area contributed by atoms with E-state index >= 15 is 0 Å². The van der Waals surface area contributed by atoms with E-state index in [9.17, 15) is 21.9 Å². The van der Waals surface area contributed by atoms with Crippen LogP contribution in [-0.4, -0.2) is 41.6 Å². The molecule has 0 aliphatic heterocycles. The SMILES string of the molecule is Cc1ccc(S(=O)(=O)OC(CO)OCOS(=O)(=O)c2ccccc2C)cc1. The predicted octanol–water partition coefficient (Wildman–Crippen LogP) is 1.71. The molecular formula is C17H20O8S2. The molecule has 0 spiro atoms. The van der Waals surface area contributed by atoms with Crippen molar-refractivity contribution in [3.8, 4) is 0 Å². The van der Waals surface area contributed by atoms with Gasteiger partial charge < -0.3 is 9.84 Å². The lowest BCUT2D eigenvalue weighted by Crippen LogP contribution is -2.27. The third-order valence-corrected chi connectivity index (χ3v) is 6.23. The van der Waals surface area contributed by atoms with Crippen LogP contribution in [0.25, 0.3) is 0 Å². The fraction of sp³-hybridized carbons (Fsp3) is 0.294. The van der Waals surface area contributed by atoms with E-state index in [0.29, 0.717) is 5.56 Å². The molecule has 2 rings (SSSR count). The molecule has 1 unspecified atom stereocenters. The lowest BCUT2D eigenvalue weighted by Gasteiger charge is -2.16. The Kier molecular flexibility index (Phi) is 7.09. The molecule has 0 aliphatic carbocycles. The van der Waals surface area contributed by atoms with Gasteiger partial charge in [0.1, 0.15) is 0 Å². The molecule has 8 nitrogen and oxygen atoms in total. The summed E-state index contributed by atoms with van der Waals surface area (Å²) >= 11 is 0. The first-order chi connectivity index (χ1) is 12.7. The van der Waals surface area contributed by atoms with Gasteiger partial charge in [-0.1, -0.05) is 35.9 Å². The van der Waals surface area contributed by atoms with Gasteiger partial charge in [-0.15, -0.1) is 0 Å². The van der Waals surface area contributed by atoms with Gasteiger partial charge in [0.15, 0.2) is 6.79 Å². The molecule has 0 radical (unpaired) electrons. The van der Waals surface area contributed by atoms with Crippen molar-refractivity contribution in [3.05, 3.63) is 59.7 Å². The van der Waals surface area contributed by atoms with E-state index in [0.717, 1.165) is 5.56 Å². The van der Waals surface area contributed by atoms with Crippen LogP contribution in [0.2, 0.25) is 0 Å². The third kappa shape index (κ3) is 5.83. The zero-order valence-corrected chi connectivity index (χ0v) is 16.4. The van der Waals surface area contributed by atoms with Gasteiger partial charge in [0.2, 0.25) is 6.29 Å². The van der Waals surface area contributed by atoms with Crippen molar-refractivity contribution in [2.75, 3.05) is 13.4 Å². The molecule has 1 N–H and O–H groups in total. The molecule has 0 fully saturated rings. The minimum absolute atomic E-state index is 0.0395. The maximum absolute atomic E-state index is 12.2. The average molecular weight is 416 g/mol. The Balaban J connectivity index is 1.99. The van der Waals surface area contributed by atoms with E-state index < -0.39 is 39.9 Å². The van der Waals surface area contributed by atoms with Crippen LogP contribution in [0.4, 0.5) is 0 Å². The van der Waals surface area contributed by atoms with E-state index in [4.69, 9.17) is 13.1 Å². The van der Waals surface area contributed by atoms with Gasteiger partial charge in [-0.25, -0.2) is 8.37 Å². The number of aryl methyl sites for hydroxylation is 2. The molecule has 27 heavy (non-hydrogen) atoms. The topological polar surface area (TPSA) is 116 Å². The molecule has 0 aliphatic rings. The summed E-state index contributed by atoms with van der Waals surface area (Å²) < 4.78 is 63.0. The summed E-state index contributed by atoms with van der Waals surface area (Å²) in [5.41, 5.74) is 1.34. The van der Waals surface area contributed by atoms with Gasteiger partial charge in [0.25, 0.3) is 20.2 Å². The Hall–Kier alpha value is -1.82. The Labute approximate surface area is 158 Å². The van der Waals surface area contributed by atoms with Crippen molar-refractivity contribution in [2.24, 2.45) is 0 Å². The van der Waals surface area contributed by atoms with E-state index in [-0.39, 0.29) is 9.79 Å². The molecule has 0 saturated heterocycles. The summed E-state index contributed by atoms with van der Waals surface area (Å²) in [5, 5.41) is 9.25. The van der Waals surface area contributed by atoms with Gasteiger partial charge in [0, 0.05) is 0 Å². The van der Waals surface area contributed by atoms with Crippen LogP contribution in [-0.2, 0) is 33.3 Å². The highest BCUT2D eigenvalue weighted by Crippen LogP contribution is 2.18. The number of hydrogen-bond acceptors (Lipinski definition) is 8. The van der Waals surface area contributed by atoms with Crippen LogP contribution >= 0.6 is 0 Å². The van der Waals surface area contributed by atoms with Gasteiger partial charge in [-0.3, -0.25) is 0 Å². The lowest BCUT2D eigenvalue weighted by molar-refractivity contribution is -0.142. The van der Waals surface area contributed by atoms with Crippen molar-refractivity contribution in [2.45, 2.75) is 29.9 Å². The predicted molar refractivity (Wildman–Crippen MR) is 95.7 cm³/mol. The third-order valence-electron chi connectivity index (χ3n) is 3.51. The van der Waals surface area contributed by atoms with E-state index in [1.807, 2.05) is 0 Å². The second-order valence-corrected chi connectivity index (χ2v) is 8.75. The van der Waals surface area contributed by atoms with Gasteiger partial charge in [0.05, 0.1) is 16.4 Å². The number of benzene rings is 2. The summed E-state index contributed by atoms with van der Waals surface area (Å²) in [5.74, 6) is 0. The molecular weight excluding hydrogens is 396 g/mol. The van der Waals surface area contributed by atoms with Crippen LogP contribution in [0.5, 0.6) is 0 Å². The Morgan fingerprint density at radius 2 is 1.56 bits per heavy atom. The van der Waals surface area contributed by atoms with Crippen molar-refractivity contribution < 1.29 is 35.0 Å². The number of ether oxygens (including phenoxy) is 1. The molecule has 0 amide bonds. The Morgan fingerprint density at radius 3 is 2.15 bits per heavy atom. The summed E-state index contributed by atoms with van der Waals surface area (Å²) in [4.78, 5) is -0.161. The number of aliphatic hydroxyl groups is 1. The quantitative estimate of drug-likeness (QED) is 0.485. The molecule has 2 aromatic carbocycles. The Bertz CT molecular complexity index is 966.